The van der Waals surface area contributed by atoms with Crippen LogP contribution in [0.25, 0.3) is 0 Å². The maximum Gasteiger partial charge on any atom is 0.254 e. The highest BCUT2D eigenvalue weighted by atomic mass is 16.3. The highest BCUT2D eigenvalue weighted by molar-refractivity contribution is 5.96. The summed E-state index contributed by atoms with van der Waals surface area (Å²) < 4.78 is 0. The van der Waals surface area contributed by atoms with Gasteiger partial charge in [-0.3, -0.25) is 9.89 Å². The molecular formula is C16H19N3O2. The Morgan fingerprint density at radius 1 is 1.43 bits per heavy atom. The summed E-state index contributed by atoms with van der Waals surface area (Å²) in [6.07, 6.45) is 3.79. The van der Waals surface area contributed by atoms with Crippen LogP contribution < -0.4 is 0 Å². The molecule has 5 nitrogen and oxygen atoms in total. The van der Waals surface area contributed by atoms with Crippen molar-refractivity contribution >= 4 is 5.91 Å². The molecule has 1 fully saturated rings. The number of aromatic amines is 1. The molecular weight excluding hydrogens is 266 g/mol. The molecule has 1 aliphatic heterocycles. The molecule has 1 aromatic carbocycles. The number of hydrogen-bond acceptors (Lipinski definition) is 3. The van der Waals surface area contributed by atoms with Crippen LogP contribution in [0.4, 0.5) is 0 Å². The van der Waals surface area contributed by atoms with Crippen molar-refractivity contribution in [3.05, 3.63) is 47.3 Å². The minimum absolute atomic E-state index is 0.00684. The van der Waals surface area contributed by atoms with E-state index in [2.05, 4.69) is 10.2 Å². The molecule has 0 spiro atoms. The average Bonchev–Trinajstić information content (AvgIpc) is 3.04. The first-order valence-corrected chi connectivity index (χ1v) is 7.24. The maximum atomic E-state index is 12.7. The quantitative estimate of drug-likeness (QED) is 0.890. The number of aromatic nitrogens is 2. The molecule has 1 saturated heterocycles. The molecule has 2 aromatic rings. The number of nitrogens with one attached hydrogen (secondary N) is 1. The fourth-order valence-electron chi connectivity index (χ4n) is 2.93. The van der Waals surface area contributed by atoms with Crippen molar-refractivity contribution in [1.29, 1.82) is 0 Å². The lowest BCUT2D eigenvalue weighted by atomic mass is 9.94. The summed E-state index contributed by atoms with van der Waals surface area (Å²) in [6.45, 7) is 3.23. The van der Waals surface area contributed by atoms with E-state index in [4.69, 9.17) is 0 Å². The zero-order chi connectivity index (χ0) is 14.8. The van der Waals surface area contributed by atoms with E-state index in [1.807, 2.05) is 11.0 Å². The fourth-order valence-corrected chi connectivity index (χ4v) is 2.93. The molecule has 2 N–H and O–H groups in total. The summed E-state index contributed by atoms with van der Waals surface area (Å²) in [4.78, 5) is 14.5. The predicted octanol–water partition coefficient (Wildman–Crippen LogP) is 2.44. The number of phenols is 1. The number of carbonyl (C=O) groups is 1. The molecule has 0 aliphatic carbocycles. The van der Waals surface area contributed by atoms with Crippen LogP contribution in [-0.4, -0.2) is 39.2 Å². The van der Waals surface area contributed by atoms with Crippen molar-refractivity contribution in [1.82, 2.24) is 15.1 Å². The number of aromatic hydroxyl groups is 1. The van der Waals surface area contributed by atoms with E-state index in [1.165, 1.54) is 0 Å². The minimum atomic E-state index is -0.00684. The summed E-state index contributed by atoms with van der Waals surface area (Å²) >= 11 is 0. The molecule has 2 heterocycles. The van der Waals surface area contributed by atoms with E-state index < -0.39 is 0 Å². The van der Waals surface area contributed by atoms with Gasteiger partial charge in [-0.15, -0.1) is 0 Å². The van der Waals surface area contributed by atoms with Gasteiger partial charge in [-0.1, -0.05) is 6.07 Å². The van der Waals surface area contributed by atoms with Crippen LogP contribution in [0.5, 0.6) is 5.75 Å². The standard InChI is InChI=1S/C16H19N3O2/c1-11-13(5-2-6-15(11)20)16(21)19-9-3-4-12(10-19)14-7-8-17-18-14/h2,5-8,12,20H,3-4,9-10H2,1H3,(H,17,18)/t12-/m0/s1. The van der Waals surface area contributed by atoms with Gasteiger partial charge in [-0.05, 0) is 38.0 Å². The second-order valence-electron chi connectivity index (χ2n) is 5.55. The Labute approximate surface area is 123 Å². The molecule has 21 heavy (non-hydrogen) atoms. The number of phenolic OH excluding ortho intramolecular Hbond substituents is 1. The van der Waals surface area contributed by atoms with Crippen LogP contribution in [0.3, 0.4) is 0 Å². The molecule has 0 bridgehead atoms. The Morgan fingerprint density at radius 2 is 2.29 bits per heavy atom. The number of benzene rings is 1. The normalized spacial score (nSPS) is 18.7. The number of amides is 1. The van der Waals surface area contributed by atoms with Gasteiger partial charge in [0.15, 0.2) is 0 Å². The summed E-state index contributed by atoms with van der Waals surface area (Å²) in [7, 11) is 0. The average molecular weight is 285 g/mol. The molecule has 3 rings (SSSR count). The molecule has 1 amide bonds. The lowest BCUT2D eigenvalue weighted by Gasteiger charge is -2.32. The summed E-state index contributed by atoms with van der Waals surface area (Å²) in [5, 5.41) is 16.8. The summed E-state index contributed by atoms with van der Waals surface area (Å²) in [6, 6.07) is 7.07. The number of likely N-dealkylation sites (tertiary alicyclic amines) is 1. The van der Waals surface area contributed by atoms with Gasteiger partial charge < -0.3 is 10.0 Å². The predicted molar refractivity (Wildman–Crippen MR) is 79.3 cm³/mol. The number of carbonyl (C=O) groups excluding carboxylic acids is 1. The molecule has 1 aromatic heterocycles. The van der Waals surface area contributed by atoms with Gasteiger partial charge in [0.2, 0.25) is 0 Å². The van der Waals surface area contributed by atoms with Crippen LogP contribution in [0, 0.1) is 6.92 Å². The van der Waals surface area contributed by atoms with Gasteiger partial charge in [0.25, 0.3) is 5.91 Å². The minimum Gasteiger partial charge on any atom is -0.508 e. The molecule has 110 valence electrons. The smallest absolute Gasteiger partial charge is 0.254 e. The van der Waals surface area contributed by atoms with Crippen LogP contribution in [0.1, 0.15) is 40.4 Å². The fraction of sp³-hybridized carbons (Fsp3) is 0.375. The van der Waals surface area contributed by atoms with E-state index in [-0.39, 0.29) is 11.7 Å². The van der Waals surface area contributed by atoms with E-state index in [1.54, 1.807) is 31.3 Å². The number of rotatable bonds is 2. The molecule has 0 unspecified atom stereocenters. The zero-order valence-electron chi connectivity index (χ0n) is 12.0. The van der Waals surface area contributed by atoms with Crippen molar-refractivity contribution in [2.45, 2.75) is 25.7 Å². The van der Waals surface area contributed by atoms with Crippen LogP contribution in [0.15, 0.2) is 30.5 Å². The van der Waals surface area contributed by atoms with Gasteiger partial charge in [0.05, 0.1) is 0 Å². The number of piperidine rings is 1. The Kier molecular flexibility index (Phi) is 3.64. The van der Waals surface area contributed by atoms with Crippen molar-refractivity contribution in [3.8, 4) is 5.75 Å². The number of nitrogens with zero attached hydrogens (tertiary/aromatic N) is 2. The Hall–Kier alpha value is -2.30. The molecule has 0 saturated carbocycles. The third kappa shape index (κ3) is 2.63. The van der Waals surface area contributed by atoms with Gasteiger partial charge >= 0.3 is 0 Å². The van der Waals surface area contributed by atoms with E-state index in [9.17, 15) is 9.90 Å². The third-order valence-corrected chi connectivity index (χ3v) is 4.21. The first kappa shape index (κ1) is 13.7. The van der Waals surface area contributed by atoms with Gasteiger partial charge in [-0.2, -0.15) is 5.10 Å². The van der Waals surface area contributed by atoms with Gasteiger partial charge in [0, 0.05) is 42.0 Å². The van der Waals surface area contributed by atoms with E-state index in [0.29, 0.717) is 23.6 Å². The molecule has 0 radical (unpaired) electrons. The van der Waals surface area contributed by atoms with Crippen molar-refractivity contribution in [2.24, 2.45) is 0 Å². The topological polar surface area (TPSA) is 69.2 Å². The Bertz CT molecular complexity index is 637. The monoisotopic (exact) mass is 285 g/mol. The highest BCUT2D eigenvalue weighted by Gasteiger charge is 2.27. The van der Waals surface area contributed by atoms with Crippen molar-refractivity contribution in [3.63, 3.8) is 0 Å². The molecule has 1 aliphatic rings. The summed E-state index contributed by atoms with van der Waals surface area (Å²) in [5.74, 6) is 0.471. The SMILES string of the molecule is Cc1c(O)cccc1C(=O)N1CCC[C@H](c2ccn[nH]2)C1. The van der Waals surface area contributed by atoms with Gasteiger partial charge in [-0.25, -0.2) is 0 Å². The second kappa shape index (κ2) is 5.60. The molecule has 1 atom stereocenters. The van der Waals surface area contributed by atoms with Crippen molar-refractivity contribution < 1.29 is 9.90 Å². The summed E-state index contributed by atoms with van der Waals surface area (Å²) in [5.41, 5.74) is 2.31. The van der Waals surface area contributed by atoms with Gasteiger partial charge in [0.1, 0.15) is 5.75 Å². The Morgan fingerprint density at radius 3 is 3.05 bits per heavy atom. The lowest BCUT2D eigenvalue weighted by molar-refractivity contribution is 0.0704. The Balaban J connectivity index is 1.80. The highest BCUT2D eigenvalue weighted by Crippen LogP contribution is 2.28. The number of H-pyrrole nitrogens is 1. The van der Waals surface area contributed by atoms with Crippen molar-refractivity contribution in [2.75, 3.05) is 13.1 Å². The largest absolute Gasteiger partial charge is 0.508 e. The maximum absolute atomic E-state index is 12.7. The van der Waals surface area contributed by atoms with Crippen LogP contribution in [0.2, 0.25) is 0 Å². The second-order valence-corrected chi connectivity index (χ2v) is 5.55. The zero-order valence-corrected chi connectivity index (χ0v) is 12.0. The van der Waals surface area contributed by atoms with Crippen LogP contribution >= 0.6 is 0 Å². The first-order chi connectivity index (χ1) is 10.2. The number of hydrogen-bond donors (Lipinski definition) is 2. The first-order valence-electron chi connectivity index (χ1n) is 7.24. The van der Waals surface area contributed by atoms with E-state index >= 15 is 0 Å². The lowest BCUT2D eigenvalue weighted by Crippen LogP contribution is -2.39. The molecule has 5 heteroatoms. The third-order valence-electron chi connectivity index (χ3n) is 4.21. The van der Waals surface area contributed by atoms with E-state index in [0.717, 1.165) is 25.1 Å². The van der Waals surface area contributed by atoms with Crippen LogP contribution in [-0.2, 0) is 0 Å².